The van der Waals surface area contributed by atoms with Crippen molar-refractivity contribution in [3.63, 3.8) is 0 Å². The smallest absolute Gasteiger partial charge is 0.0616 e. The van der Waals surface area contributed by atoms with E-state index in [0.29, 0.717) is 21.7 Å². The molecule has 0 spiro atoms. The van der Waals surface area contributed by atoms with Crippen LogP contribution < -0.4 is 10.6 Å². The van der Waals surface area contributed by atoms with Crippen LogP contribution in [0.4, 0.5) is 11.4 Å². The average molecular weight is 289 g/mol. The van der Waals surface area contributed by atoms with Crippen LogP contribution in [0.1, 0.15) is 19.3 Å². The maximum absolute atomic E-state index is 9.03. The first-order chi connectivity index (χ1) is 8.61. The van der Waals surface area contributed by atoms with Gasteiger partial charge in [0.2, 0.25) is 0 Å². The Hall–Kier alpha value is -0.640. The lowest BCUT2D eigenvalue weighted by molar-refractivity contribution is 0.244. The van der Waals surface area contributed by atoms with E-state index < -0.39 is 0 Å². The zero-order valence-corrected chi connectivity index (χ0v) is 11.7. The van der Waals surface area contributed by atoms with Gasteiger partial charge in [0.05, 0.1) is 21.4 Å². The minimum atomic E-state index is 0.245. The monoisotopic (exact) mass is 288 g/mol. The molecule has 1 atom stereocenters. The molecular weight excluding hydrogens is 271 g/mol. The first-order valence-corrected chi connectivity index (χ1v) is 6.97. The molecule has 1 saturated heterocycles. The molecule has 3 N–H and O–H groups in total. The van der Waals surface area contributed by atoms with E-state index in [1.165, 1.54) is 0 Å². The summed E-state index contributed by atoms with van der Waals surface area (Å²) >= 11 is 12.0. The lowest BCUT2D eigenvalue weighted by Crippen LogP contribution is -2.36. The molecule has 0 bridgehead atoms. The van der Waals surface area contributed by atoms with Crippen molar-refractivity contribution in [3.05, 3.63) is 22.2 Å². The Morgan fingerprint density at radius 2 is 2.06 bits per heavy atom. The molecule has 1 aromatic carbocycles. The van der Waals surface area contributed by atoms with E-state index in [0.717, 1.165) is 38.0 Å². The largest absolute Gasteiger partial charge is 0.397 e. The molecule has 0 aromatic heterocycles. The van der Waals surface area contributed by atoms with Gasteiger partial charge < -0.3 is 15.7 Å². The molecule has 100 valence electrons. The van der Waals surface area contributed by atoms with E-state index in [1.807, 2.05) is 6.07 Å². The Labute approximate surface area is 117 Å². The average Bonchev–Trinajstić information content (AvgIpc) is 2.34. The number of hydrogen-bond acceptors (Lipinski definition) is 3. The van der Waals surface area contributed by atoms with E-state index in [1.54, 1.807) is 6.07 Å². The number of halogens is 2. The van der Waals surface area contributed by atoms with Crippen LogP contribution in [-0.4, -0.2) is 24.8 Å². The topological polar surface area (TPSA) is 49.5 Å². The van der Waals surface area contributed by atoms with Crippen molar-refractivity contribution in [1.82, 2.24) is 0 Å². The summed E-state index contributed by atoms with van der Waals surface area (Å²) < 4.78 is 0. The van der Waals surface area contributed by atoms with Gasteiger partial charge in [0.15, 0.2) is 0 Å². The van der Waals surface area contributed by atoms with E-state index in [4.69, 9.17) is 34.0 Å². The van der Waals surface area contributed by atoms with Crippen molar-refractivity contribution in [2.45, 2.75) is 19.3 Å². The zero-order chi connectivity index (χ0) is 13.1. The van der Waals surface area contributed by atoms with Crippen molar-refractivity contribution in [2.24, 2.45) is 5.92 Å². The predicted molar refractivity (Wildman–Crippen MR) is 77.5 cm³/mol. The van der Waals surface area contributed by atoms with E-state index in [9.17, 15) is 0 Å². The van der Waals surface area contributed by atoms with E-state index in [-0.39, 0.29) is 6.61 Å². The fraction of sp³-hybridized carbons (Fsp3) is 0.538. The van der Waals surface area contributed by atoms with Crippen LogP contribution >= 0.6 is 23.2 Å². The summed E-state index contributed by atoms with van der Waals surface area (Å²) in [5.74, 6) is 0.526. The van der Waals surface area contributed by atoms with Gasteiger partial charge in [-0.3, -0.25) is 0 Å². The van der Waals surface area contributed by atoms with Gasteiger partial charge >= 0.3 is 0 Å². The van der Waals surface area contributed by atoms with Gasteiger partial charge in [-0.2, -0.15) is 0 Å². The van der Waals surface area contributed by atoms with E-state index >= 15 is 0 Å². The molecule has 3 nitrogen and oxygen atoms in total. The van der Waals surface area contributed by atoms with Gasteiger partial charge in [-0.15, -0.1) is 0 Å². The number of anilines is 2. The van der Waals surface area contributed by atoms with Crippen LogP contribution in [0.15, 0.2) is 12.1 Å². The highest BCUT2D eigenvalue weighted by molar-refractivity contribution is 6.42. The van der Waals surface area contributed by atoms with Crippen LogP contribution in [0.3, 0.4) is 0 Å². The second-order valence-electron chi connectivity index (χ2n) is 4.79. The summed E-state index contributed by atoms with van der Waals surface area (Å²) in [7, 11) is 0. The van der Waals surface area contributed by atoms with Gasteiger partial charge in [0.25, 0.3) is 0 Å². The second kappa shape index (κ2) is 6.00. The third-order valence-electron chi connectivity index (χ3n) is 3.47. The lowest BCUT2D eigenvalue weighted by Gasteiger charge is -2.35. The molecule has 1 heterocycles. The Bertz CT molecular complexity index is 424. The summed E-state index contributed by atoms with van der Waals surface area (Å²) in [6, 6.07) is 3.54. The van der Waals surface area contributed by atoms with Crippen molar-refractivity contribution in [2.75, 3.05) is 30.3 Å². The fourth-order valence-electron chi connectivity index (χ4n) is 2.53. The number of nitrogens with two attached hydrogens (primary N) is 1. The first kappa shape index (κ1) is 13.8. The molecule has 1 aliphatic rings. The molecule has 0 amide bonds. The highest BCUT2D eigenvalue weighted by Gasteiger charge is 2.21. The predicted octanol–water partition coefficient (Wildman–Crippen LogP) is 3.17. The van der Waals surface area contributed by atoms with Crippen molar-refractivity contribution in [3.8, 4) is 0 Å². The van der Waals surface area contributed by atoms with Crippen LogP contribution in [0.5, 0.6) is 0 Å². The summed E-state index contributed by atoms with van der Waals surface area (Å²) in [5, 5.41) is 10.0. The van der Waals surface area contributed by atoms with Gasteiger partial charge in [0, 0.05) is 19.7 Å². The number of hydrogen-bond donors (Lipinski definition) is 2. The molecule has 1 aromatic rings. The molecule has 1 unspecified atom stereocenters. The third-order valence-corrected chi connectivity index (χ3v) is 4.19. The van der Waals surface area contributed by atoms with Gasteiger partial charge in [-0.05, 0) is 37.3 Å². The molecule has 0 saturated carbocycles. The normalized spacial score (nSPS) is 20.2. The minimum absolute atomic E-state index is 0.245. The van der Waals surface area contributed by atoms with Crippen LogP contribution in [0.25, 0.3) is 0 Å². The minimum Gasteiger partial charge on any atom is -0.397 e. The quantitative estimate of drug-likeness (QED) is 0.840. The maximum atomic E-state index is 9.03. The van der Waals surface area contributed by atoms with Crippen molar-refractivity contribution < 1.29 is 5.11 Å². The number of aliphatic hydroxyl groups is 1. The van der Waals surface area contributed by atoms with Crippen LogP contribution in [0, 0.1) is 5.92 Å². The fourth-order valence-corrected chi connectivity index (χ4v) is 2.86. The molecule has 2 rings (SSSR count). The Morgan fingerprint density at radius 1 is 1.33 bits per heavy atom. The second-order valence-corrected chi connectivity index (χ2v) is 5.61. The molecular formula is C13H18Cl2N2O. The highest BCUT2D eigenvalue weighted by atomic mass is 35.5. The number of nitrogens with zero attached hydrogens (tertiary/aromatic N) is 1. The molecule has 0 aliphatic carbocycles. The van der Waals surface area contributed by atoms with E-state index in [2.05, 4.69) is 4.90 Å². The molecule has 18 heavy (non-hydrogen) atoms. The number of nitrogen functional groups attached to an aromatic ring is 1. The Morgan fingerprint density at radius 3 is 2.78 bits per heavy atom. The van der Waals surface area contributed by atoms with Gasteiger partial charge in [-0.1, -0.05) is 23.2 Å². The van der Waals surface area contributed by atoms with Crippen molar-refractivity contribution in [1.29, 1.82) is 0 Å². The first-order valence-electron chi connectivity index (χ1n) is 6.22. The third kappa shape index (κ3) is 3.02. The summed E-state index contributed by atoms with van der Waals surface area (Å²) in [5.41, 5.74) is 7.62. The summed E-state index contributed by atoms with van der Waals surface area (Å²) in [4.78, 5) is 2.24. The summed E-state index contributed by atoms with van der Waals surface area (Å²) in [6.45, 7) is 2.14. The van der Waals surface area contributed by atoms with Crippen molar-refractivity contribution >= 4 is 34.6 Å². The lowest BCUT2D eigenvalue weighted by atomic mass is 9.94. The Kier molecular flexibility index (Phi) is 4.60. The number of aliphatic hydroxyl groups excluding tert-OH is 1. The molecule has 5 heteroatoms. The molecule has 1 aliphatic heterocycles. The molecule has 0 radical (unpaired) electrons. The Balaban J connectivity index is 2.18. The SMILES string of the molecule is Nc1cc(Cl)c(Cl)cc1N1CCCC(CCO)C1. The number of piperidine rings is 1. The highest BCUT2D eigenvalue weighted by Crippen LogP contribution is 2.35. The zero-order valence-electron chi connectivity index (χ0n) is 10.2. The summed E-state index contributed by atoms with van der Waals surface area (Å²) in [6.07, 6.45) is 3.13. The van der Waals surface area contributed by atoms with Crippen LogP contribution in [0.2, 0.25) is 10.0 Å². The number of rotatable bonds is 3. The molecule has 1 fully saturated rings. The van der Waals surface area contributed by atoms with Gasteiger partial charge in [-0.25, -0.2) is 0 Å². The standard InChI is InChI=1S/C13H18Cl2N2O/c14-10-6-12(16)13(7-11(10)15)17-4-1-2-9(8-17)3-5-18/h6-7,9,18H,1-5,8,16H2. The van der Waals surface area contributed by atoms with Gasteiger partial charge in [0.1, 0.15) is 0 Å². The van der Waals surface area contributed by atoms with Crippen LogP contribution in [-0.2, 0) is 0 Å². The number of benzene rings is 1. The maximum Gasteiger partial charge on any atom is 0.0616 e.